The van der Waals surface area contributed by atoms with Crippen LogP contribution in [0.1, 0.15) is 12.8 Å². The molecule has 68 valence electrons. The van der Waals surface area contributed by atoms with E-state index in [0.29, 0.717) is 12.3 Å². The highest BCUT2D eigenvalue weighted by Gasteiger charge is 2.02. The van der Waals surface area contributed by atoms with Gasteiger partial charge < -0.3 is 0 Å². The summed E-state index contributed by atoms with van der Waals surface area (Å²) >= 11 is 0. The number of hydrogen-bond donors (Lipinski definition) is 0. The second kappa shape index (κ2) is 5.31. The minimum Gasteiger partial charge on any atom is -0.298 e. The predicted molar refractivity (Wildman–Crippen MR) is 55.3 cm³/mol. The van der Waals surface area contributed by atoms with Crippen molar-refractivity contribution < 1.29 is 4.79 Å². The second-order valence-corrected chi connectivity index (χ2v) is 3.06. The lowest BCUT2D eigenvalue weighted by Gasteiger charge is -2.08. The molecule has 0 radical (unpaired) electrons. The van der Waals surface area contributed by atoms with Crippen molar-refractivity contribution in [3.63, 3.8) is 0 Å². The van der Waals surface area contributed by atoms with Crippen molar-refractivity contribution in [3.8, 4) is 0 Å². The second-order valence-electron chi connectivity index (χ2n) is 3.06. The zero-order valence-corrected chi connectivity index (χ0v) is 7.65. The van der Waals surface area contributed by atoms with Crippen LogP contribution >= 0.6 is 0 Å². The Morgan fingerprint density at radius 2 is 2.38 bits per heavy atom. The maximum absolute atomic E-state index is 10.6. The molecule has 0 bridgehead atoms. The molecule has 1 nitrogen and oxygen atoms in total. The molecule has 1 unspecified atom stereocenters. The molecule has 1 heteroatoms. The van der Waals surface area contributed by atoms with Gasteiger partial charge in [0.25, 0.3) is 0 Å². The molecule has 1 aliphatic carbocycles. The first kappa shape index (κ1) is 9.72. The number of carbonyl (C=O) groups excluding carboxylic acids is 1. The minimum atomic E-state index is 0.380. The number of hydrogen-bond acceptors (Lipinski definition) is 1. The van der Waals surface area contributed by atoms with E-state index in [-0.39, 0.29) is 0 Å². The van der Waals surface area contributed by atoms with Gasteiger partial charge in [0.05, 0.1) is 0 Å². The topological polar surface area (TPSA) is 17.1 Å². The zero-order valence-electron chi connectivity index (χ0n) is 7.65. The van der Waals surface area contributed by atoms with Gasteiger partial charge in [-0.3, -0.25) is 4.79 Å². The van der Waals surface area contributed by atoms with E-state index in [9.17, 15) is 4.79 Å². The third-order valence-corrected chi connectivity index (χ3v) is 1.97. The van der Waals surface area contributed by atoms with Gasteiger partial charge in [0.1, 0.15) is 6.29 Å². The molecule has 1 aliphatic rings. The first-order valence-corrected chi connectivity index (χ1v) is 4.47. The molecule has 0 aromatic rings. The Balaban J connectivity index is 2.60. The van der Waals surface area contributed by atoms with Crippen molar-refractivity contribution >= 4 is 6.29 Å². The van der Waals surface area contributed by atoms with E-state index in [1.807, 2.05) is 18.2 Å². The molecule has 0 N–H and O–H groups in total. The molecular weight excluding hydrogens is 160 g/mol. The van der Waals surface area contributed by atoms with Crippen molar-refractivity contribution in [1.82, 2.24) is 0 Å². The first-order valence-electron chi connectivity index (χ1n) is 4.47. The highest BCUT2D eigenvalue weighted by molar-refractivity contribution is 5.73. The van der Waals surface area contributed by atoms with Crippen LogP contribution in [0.5, 0.6) is 0 Å². The Kier molecular flexibility index (Phi) is 3.97. The van der Waals surface area contributed by atoms with Gasteiger partial charge in [-0.2, -0.15) is 0 Å². The van der Waals surface area contributed by atoms with Crippen LogP contribution in [-0.4, -0.2) is 6.29 Å². The lowest BCUT2D eigenvalue weighted by Crippen LogP contribution is -1.95. The average molecular weight is 174 g/mol. The number of carbonyl (C=O) groups is 1. The van der Waals surface area contributed by atoms with Gasteiger partial charge in [0.15, 0.2) is 0 Å². The summed E-state index contributed by atoms with van der Waals surface area (Å²) in [5.41, 5.74) is 0.819. The van der Waals surface area contributed by atoms with Crippen molar-refractivity contribution in [2.24, 2.45) is 5.92 Å². The summed E-state index contributed by atoms with van der Waals surface area (Å²) in [7, 11) is 0. The Morgan fingerprint density at radius 3 is 2.92 bits per heavy atom. The molecule has 1 rings (SSSR count). The first-order chi connectivity index (χ1) is 6.36. The summed E-state index contributed by atoms with van der Waals surface area (Å²) in [4.78, 5) is 10.6. The van der Waals surface area contributed by atoms with Crippen molar-refractivity contribution in [2.45, 2.75) is 12.8 Å². The monoisotopic (exact) mass is 174 g/mol. The molecule has 1 atom stereocenters. The van der Waals surface area contributed by atoms with E-state index in [0.717, 1.165) is 18.3 Å². The molecule has 0 aromatic carbocycles. The van der Waals surface area contributed by atoms with Crippen molar-refractivity contribution in [2.75, 3.05) is 0 Å². The largest absolute Gasteiger partial charge is 0.298 e. The third-order valence-electron chi connectivity index (χ3n) is 1.97. The normalized spacial score (nSPS) is 21.5. The van der Waals surface area contributed by atoms with Crippen molar-refractivity contribution in [1.29, 1.82) is 0 Å². The maximum atomic E-state index is 10.6. The minimum absolute atomic E-state index is 0.380. The number of allylic oxidation sites excluding steroid dienone is 7. The third kappa shape index (κ3) is 3.24. The van der Waals surface area contributed by atoms with Crippen LogP contribution in [0.4, 0.5) is 0 Å². The Hall–Kier alpha value is -1.37. The van der Waals surface area contributed by atoms with Crippen LogP contribution < -0.4 is 0 Å². The summed E-state index contributed by atoms with van der Waals surface area (Å²) in [6.07, 6.45) is 14.6. The fourth-order valence-electron chi connectivity index (χ4n) is 1.32. The smallest absolute Gasteiger partial charge is 0.146 e. The molecular formula is C12H14O. The number of aldehydes is 1. The number of rotatable bonds is 4. The van der Waals surface area contributed by atoms with Gasteiger partial charge in [-0.05, 0) is 24.3 Å². The summed E-state index contributed by atoms with van der Waals surface area (Å²) in [5, 5.41) is 0. The molecule has 0 saturated heterocycles. The fraction of sp³-hybridized carbons (Fsp3) is 0.250. The van der Waals surface area contributed by atoms with Gasteiger partial charge in [-0.25, -0.2) is 0 Å². The molecule has 0 heterocycles. The lowest BCUT2D eigenvalue weighted by atomic mass is 9.97. The molecule has 13 heavy (non-hydrogen) atoms. The standard InChI is InChI=1S/C12H14O/c1-2-6-12(10-13)9-11-7-4-3-5-8-11/h2-5,7,9-11H,1,6,8H2. The SMILES string of the molecule is C=CCC(C=O)=CC1C=CC=CC1. The van der Waals surface area contributed by atoms with Gasteiger partial charge >= 0.3 is 0 Å². The van der Waals surface area contributed by atoms with Crippen LogP contribution in [-0.2, 0) is 4.79 Å². The van der Waals surface area contributed by atoms with Gasteiger partial charge in [-0.15, -0.1) is 6.58 Å². The van der Waals surface area contributed by atoms with Crippen LogP contribution in [0, 0.1) is 5.92 Å². The van der Waals surface area contributed by atoms with Crippen LogP contribution in [0.25, 0.3) is 0 Å². The summed E-state index contributed by atoms with van der Waals surface area (Å²) in [6.45, 7) is 3.61. The van der Waals surface area contributed by atoms with E-state index in [1.54, 1.807) is 6.08 Å². The van der Waals surface area contributed by atoms with Gasteiger partial charge in [0.2, 0.25) is 0 Å². The highest BCUT2D eigenvalue weighted by Crippen LogP contribution is 2.15. The zero-order chi connectivity index (χ0) is 9.52. The van der Waals surface area contributed by atoms with Gasteiger partial charge in [-0.1, -0.05) is 36.5 Å². The maximum Gasteiger partial charge on any atom is 0.146 e. The fourth-order valence-corrected chi connectivity index (χ4v) is 1.32. The van der Waals surface area contributed by atoms with E-state index >= 15 is 0 Å². The molecule has 0 amide bonds. The average Bonchev–Trinajstić information content (AvgIpc) is 2.19. The van der Waals surface area contributed by atoms with Gasteiger partial charge in [0, 0.05) is 0 Å². The molecule has 0 aromatic heterocycles. The summed E-state index contributed by atoms with van der Waals surface area (Å²) in [6, 6.07) is 0. The summed E-state index contributed by atoms with van der Waals surface area (Å²) < 4.78 is 0. The van der Waals surface area contributed by atoms with Crippen LogP contribution in [0.2, 0.25) is 0 Å². The van der Waals surface area contributed by atoms with Crippen molar-refractivity contribution in [3.05, 3.63) is 48.6 Å². The summed E-state index contributed by atoms with van der Waals surface area (Å²) in [5.74, 6) is 0.380. The van der Waals surface area contributed by atoms with E-state index in [2.05, 4.69) is 18.7 Å². The Bertz CT molecular complexity index is 269. The molecule has 0 spiro atoms. The predicted octanol–water partition coefficient (Wildman–Crippen LogP) is 2.82. The quantitative estimate of drug-likeness (QED) is 0.364. The van der Waals surface area contributed by atoms with E-state index < -0.39 is 0 Å². The molecule has 0 fully saturated rings. The van der Waals surface area contributed by atoms with E-state index in [4.69, 9.17) is 0 Å². The lowest BCUT2D eigenvalue weighted by molar-refractivity contribution is -0.105. The van der Waals surface area contributed by atoms with Crippen LogP contribution in [0.3, 0.4) is 0 Å². The Labute approximate surface area is 79.2 Å². The highest BCUT2D eigenvalue weighted by atomic mass is 16.1. The van der Waals surface area contributed by atoms with Crippen LogP contribution in [0.15, 0.2) is 48.6 Å². The molecule has 0 saturated carbocycles. The molecule has 0 aliphatic heterocycles. The Morgan fingerprint density at radius 1 is 1.54 bits per heavy atom. The van der Waals surface area contributed by atoms with E-state index in [1.165, 1.54) is 0 Å².